The van der Waals surface area contributed by atoms with E-state index >= 15 is 0 Å². The van der Waals surface area contributed by atoms with Gasteiger partial charge in [0.1, 0.15) is 29.1 Å². The molecule has 23 heavy (non-hydrogen) atoms. The fourth-order valence-electron chi connectivity index (χ4n) is 2.65. The van der Waals surface area contributed by atoms with Gasteiger partial charge in [0.25, 0.3) is 0 Å². The van der Waals surface area contributed by atoms with Gasteiger partial charge in [-0.3, -0.25) is 9.36 Å². The summed E-state index contributed by atoms with van der Waals surface area (Å²) in [4.78, 5) is 23.5. The number of hydrogen-bond acceptors (Lipinski definition) is 8. The molecule has 0 radical (unpaired) electrons. The number of aromatic nitrogens is 4. The summed E-state index contributed by atoms with van der Waals surface area (Å²) in [5.41, 5.74) is 6.23. The summed E-state index contributed by atoms with van der Waals surface area (Å²) in [5, 5.41) is 21.1. The number of rotatable bonds is 5. The lowest BCUT2D eigenvalue weighted by molar-refractivity contribution is -0.119. The SMILES string of the molecule is CSc1ncnc2c1ncn2C1OC(CCC(N)=O)C(O)C1O. The molecule has 0 bridgehead atoms. The molecule has 0 aliphatic carbocycles. The first-order valence-corrected chi connectivity index (χ1v) is 8.26. The number of nitrogens with zero attached hydrogens (tertiary/aromatic N) is 4. The van der Waals surface area contributed by atoms with Gasteiger partial charge in [0.2, 0.25) is 5.91 Å². The highest BCUT2D eigenvalue weighted by molar-refractivity contribution is 7.98. The number of ether oxygens (including phenoxy) is 1. The van der Waals surface area contributed by atoms with Gasteiger partial charge in [-0.15, -0.1) is 11.8 Å². The van der Waals surface area contributed by atoms with E-state index < -0.39 is 30.4 Å². The predicted molar refractivity (Wildman–Crippen MR) is 81.5 cm³/mol. The monoisotopic (exact) mass is 339 g/mol. The van der Waals surface area contributed by atoms with Crippen molar-refractivity contribution in [3.63, 3.8) is 0 Å². The summed E-state index contributed by atoms with van der Waals surface area (Å²) in [6, 6.07) is 0. The summed E-state index contributed by atoms with van der Waals surface area (Å²) < 4.78 is 7.27. The van der Waals surface area contributed by atoms with Gasteiger partial charge in [0, 0.05) is 6.42 Å². The average molecular weight is 339 g/mol. The lowest BCUT2D eigenvalue weighted by atomic mass is 10.1. The Labute approximate surface area is 135 Å². The van der Waals surface area contributed by atoms with Gasteiger partial charge in [-0.1, -0.05) is 0 Å². The van der Waals surface area contributed by atoms with E-state index in [4.69, 9.17) is 10.5 Å². The van der Waals surface area contributed by atoms with E-state index in [0.29, 0.717) is 16.2 Å². The highest BCUT2D eigenvalue weighted by Gasteiger charge is 2.44. The first-order chi connectivity index (χ1) is 11.0. The van der Waals surface area contributed by atoms with Crippen molar-refractivity contribution in [2.24, 2.45) is 5.73 Å². The summed E-state index contributed by atoms with van der Waals surface area (Å²) in [5.74, 6) is -0.482. The van der Waals surface area contributed by atoms with Crippen molar-refractivity contribution in [2.75, 3.05) is 6.26 Å². The third kappa shape index (κ3) is 2.90. The highest BCUT2D eigenvalue weighted by Crippen LogP contribution is 2.34. The number of aliphatic hydroxyl groups excluding tert-OH is 2. The number of amides is 1. The van der Waals surface area contributed by atoms with Crippen LogP contribution in [0.5, 0.6) is 0 Å². The summed E-state index contributed by atoms with van der Waals surface area (Å²) in [6.45, 7) is 0. The Balaban J connectivity index is 1.88. The third-order valence-electron chi connectivity index (χ3n) is 3.81. The largest absolute Gasteiger partial charge is 0.388 e. The van der Waals surface area contributed by atoms with Crippen molar-refractivity contribution in [1.29, 1.82) is 0 Å². The van der Waals surface area contributed by atoms with E-state index in [-0.39, 0.29) is 12.8 Å². The van der Waals surface area contributed by atoms with Crippen LogP contribution in [-0.2, 0) is 9.53 Å². The van der Waals surface area contributed by atoms with Crippen molar-refractivity contribution in [3.8, 4) is 0 Å². The molecular formula is C13H17N5O4S. The summed E-state index contributed by atoms with van der Waals surface area (Å²) >= 11 is 1.44. The van der Waals surface area contributed by atoms with Gasteiger partial charge < -0.3 is 20.7 Å². The topological polar surface area (TPSA) is 136 Å². The molecule has 0 spiro atoms. The molecular weight excluding hydrogens is 322 g/mol. The molecule has 0 saturated carbocycles. The second-order valence-electron chi connectivity index (χ2n) is 5.26. The maximum atomic E-state index is 10.9. The van der Waals surface area contributed by atoms with Crippen molar-refractivity contribution in [3.05, 3.63) is 12.7 Å². The first-order valence-electron chi connectivity index (χ1n) is 7.04. The molecule has 1 fully saturated rings. The van der Waals surface area contributed by atoms with Crippen molar-refractivity contribution in [2.45, 2.75) is 42.4 Å². The van der Waals surface area contributed by atoms with Crippen LogP contribution in [0.2, 0.25) is 0 Å². The van der Waals surface area contributed by atoms with E-state index in [1.54, 1.807) is 4.57 Å². The van der Waals surface area contributed by atoms with Crippen LogP contribution in [0.25, 0.3) is 11.2 Å². The number of nitrogens with two attached hydrogens (primary N) is 1. The molecule has 124 valence electrons. The lowest BCUT2D eigenvalue weighted by Crippen LogP contribution is -2.32. The predicted octanol–water partition coefficient (Wildman–Crippen LogP) is -0.567. The second-order valence-corrected chi connectivity index (χ2v) is 6.05. The average Bonchev–Trinajstić information content (AvgIpc) is 3.08. The van der Waals surface area contributed by atoms with Crippen LogP contribution in [0.3, 0.4) is 0 Å². The second kappa shape index (κ2) is 6.40. The Kier molecular flexibility index (Phi) is 4.48. The number of aliphatic hydroxyl groups is 2. The number of imidazole rings is 1. The minimum Gasteiger partial charge on any atom is -0.388 e. The van der Waals surface area contributed by atoms with E-state index in [1.165, 1.54) is 24.4 Å². The fourth-order valence-corrected chi connectivity index (χ4v) is 3.14. The quantitative estimate of drug-likeness (QED) is 0.487. The normalized spacial score (nSPS) is 27.6. The molecule has 2 aromatic heterocycles. The number of carbonyl (C=O) groups excluding carboxylic acids is 1. The molecule has 1 aliphatic rings. The molecule has 3 rings (SSSR count). The smallest absolute Gasteiger partial charge is 0.217 e. The van der Waals surface area contributed by atoms with Crippen LogP contribution in [0.15, 0.2) is 17.7 Å². The molecule has 1 aliphatic heterocycles. The van der Waals surface area contributed by atoms with Crippen molar-refractivity contribution >= 4 is 28.8 Å². The van der Waals surface area contributed by atoms with Crippen LogP contribution in [0.1, 0.15) is 19.1 Å². The van der Waals surface area contributed by atoms with E-state index in [2.05, 4.69) is 15.0 Å². The van der Waals surface area contributed by atoms with Gasteiger partial charge >= 0.3 is 0 Å². The van der Waals surface area contributed by atoms with Crippen LogP contribution in [-0.4, -0.2) is 60.2 Å². The number of carbonyl (C=O) groups is 1. The summed E-state index contributed by atoms with van der Waals surface area (Å²) in [7, 11) is 0. The summed E-state index contributed by atoms with van der Waals surface area (Å²) in [6.07, 6.45) is 1.32. The molecule has 10 heteroatoms. The molecule has 2 aromatic rings. The molecule has 4 unspecified atom stereocenters. The van der Waals surface area contributed by atoms with Gasteiger partial charge in [0.05, 0.1) is 12.4 Å². The standard InChI is InChI=1S/C13H17N5O4S/c1-23-12-8-11(15-4-16-12)18(5-17-8)13-10(21)9(20)6(22-13)2-3-7(14)19/h4-6,9-10,13,20-21H,2-3H2,1H3,(H2,14,19). The van der Waals surface area contributed by atoms with Crippen LogP contribution in [0, 0.1) is 0 Å². The fraction of sp³-hybridized carbons (Fsp3) is 0.538. The number of primary amides is 1. The Morgan fingerprint density at radius 3 is 2.87 bits per heavy atom. The highest BCUT2D eigenvalue weighted by atomic mass is 32.2. The first kappa shape index (κ1) is 16.1. The van der Waals surface area contributed by atoms with E-state index in [9.17, 15) is 15.0 Å². The van der Waals surface area contributed by atoms with Gasteiger partial charge in [-0.25, -0.2) is 15.0 Å². The zero-order chi connectivity index (χ0) is 16.6. The Morgan fingerprint density at radius 2 is 2.17 bits per heavy atom. The number of fused-ring (bicyclic) bond motifs is 1. The molecule has 9 nitrogen and oxygen atoms in total. The zero-order valence-corrected chi connectivity index (χ0v) is 13.2. The minimum atomic E-state index is -1.15. The molecule has 4 N–H and O–H groups in total. The van der Waals surface area contributed by atoms with E-state index in [1.807, 2.05) is 6.26 Å². The molecule has 1 saturated heterocycles. The van der Waals surface area contributed by atoms with E-state index in [0.717, 1.165) is 0 Å². The molecule has 3 heterocycles. The van der Waals surface area contributed by atoms with Crippen LogP contribution in [0.4, 0.5) is 0 Å². The Hall–Kier alpha value is -1.75. The van der Waals surface area contributed by atoms with Crippen molar-refractivity contribution in [1.82, 2.24) is 19.5 Å². The molecule has 1 amide bonds. The Morgan fingerprint density at radius 1 is 1.39 bits per heavy atom. The minimum absolute atomic E-state index is 0.0740. The number of hydrogen-bond donors (Lipinski definition) is 3. The zero-order valence-electron chi connectivity index (χ0n) is 12.4. The van der Waals surface area contributed by atoms with Crippen molar-refractivity contribution < 1.29 is 19.7 Å². The van der Waals surface area contributed by atoms with Gasteiger partial charge in [-0.2, -0.15) is 0 Å². The third-order valence-corrected chi connectivity index (χ3v) is 4.49. The maximum Gasteiger partial charge on any atom is 0.217 e. The molecule has 4 atom stereocenters. The maximum absolute atomic E-state index is 10.9. The molecule has 0 aromatic carbocycles. The number of thioether (sulfide) groups is 1. The van der Waals surface area contributed by atoms with Crippen LogP contribution >= 0.6 is 11.8 Å². The van der Waals surface area contributed by atoms with Gasteiger partial charge in [-0.05, 0) is 12.7 Å². The van der Waals surface area contributed by atoms with Crippen LogP contribution < -0.4 is 5.73 Å². The Bertz CT molecular complexity index is 723. The van der Waals surface area contributed by atoms with Gasteiger partial charge in [0.15, 0.2) is 11.9 Å². The lowest BCUT2D eigenvalue weighted by Gasteiger charge is -2.16.